The van der Waals surface area contributed by atoms with Crippen molar-refractivity contribution in [3.8, 4) is 0 Å². The Morgan fingerprint density at radius 3 is 3.00 bits per heavy atom. The van der Waals surface area contributed by atoms with Gasteiger partial charge in [-0.3, -0.25) is 4.79 Å². The molecule has 70 valence electrons. The molecule has 0 bridgehead atoms. The van der Waals surface area contributed by atoms with Crippen molar-refractivity contribution in [2.45, 2.75) is 0 Å². The number of amides is 1. The Morgan fingerprint density at radius 1 is 1.69 bits per heavy atom. The molecule has 0 aliphatic carbocycles. The molecule has 6 nitrogen and oxygen atoms in total. The van der Waals surface area contributed by atoms with Crippen molar-refractivity contribution in [1.82, 2.24) is 9.97 Å². The number of primary amides is 1. The van der Waals surface area contributed by atoms with Crippen molar-refractivity contribution in [3.05, 3.63) is 10.7 Å². The van der Waals surface area contributed by atoms with Crippen molar-refractivity contribution in [2.24, 2.45) is 5.73 Å². The van der Waals surface area contributed by atoms with E-state index < -0.39 is 5.91 Å². The summed E-state index contributed by atoms with van der Waals surface area (Å²) in [5.74, 6) is 0.116. The van der Waals surface area contributed by atoms with Crippen LogP contribution in [0.1, 0.15) is 0 Å². The largest absolute Gasteiger partial charge is 0.368 e. The van der Waals surface area contributed by atoms with Crippen LogP contribution < -0.4 is 16.8 Å². The van der Waals surface area contributed by atoms with Crippen molar-refractivity contribution >= 4 is 33.6 Å². The summed E-state index contributed by atoms with van der Waals surface area (Å²) < 4.78 is 0.628. The molecule has 5 N–H and O–H groups in total. The first-order valence-corrected chi connectivity index (χ1v) is 4.19. The number of halogens is 1. The molecule has 13 heavy (non-hydrogen) atoms. The molecular formula is C6H8BrN5O. The average Bonchev–Trinajstić information content (AvgIpc) is 2.06. The zero-order valence-corrected chi connectivity index (χ0v) is 8.21. The van der Waals surface area contributed by atoms with E-state index >= 15 is 0 Å². The van der Waals surface area contributed by atoms with Gasteiger partial charge in [-0.1, -0.05) is 0 Å². The van der Waals surface area contributed by atoms with E-state index in [4.69, 9.17) is 11.5 Å². The molecule has 0 saturated carbocycles. The summed E-state index contributed by atoms with van der Waals surface area (Å²) in [6.45, 7) is 0.00898. The molecule has 0 radical (unpaired) electrons. The predicted octanol–water partition coefficient (Wildman–Crippen LogP) is -0.282. The Balaban J connectivity index is 2.75. The molecule has 1 amide bonds. The molecule has 0 aromatic carbocycles. The second-order valence-corrected chi connectivity index (χ2v) is 3.10. The van der Waals surface area contributed by atoms with Gasteiger partial charge in [0, 0.05) is 6.20 Å². The maximum absolute atomic E-state index is 10.4. The first-order chi connectivity index (χ1) is 6.09. The molecule has 0 atom stereocenters. The van der Waals surface area contributed by atoms with Gasteiger partial charge in [-0.15, -0.1) is 0 Å². The summed E-state index contributed by atoms with van der Waals surface area (Å²) >= 11 is 3.19. The third kappa shape index (κ3) is 2.86. The second-order valence-electron chi connectivity index (χ2n) is 2.24. The van der Waals surface area contributed by atoms with Gasteiger partial charge in [-0.2, -0.15) is 4.98 Å². The normalized spacial score (nSPS) is 9.62. The number of nitrogens with zero attached hydrogens (tertiary/aromatic N) is 2. The zero-order chi connectivity index (χ0) is 9.84. The van der Waals surface area contributed by atoms with Gasteiger partial charge in [0.2, 0.25) is 11.9 Å². The molecule has 0 aliphatic rings. The topological polar surface area (TPSA) is 107 Å². The highest BCUT2D eigenvalue weighted by atomic mass is 79.9. The van der Waals surface area contributed by atoms with Crippen LogP contribution >= 0.6 is 15.9 Å². The Kier molecular flexibility index (Phi) is 3.02. The van der Waals surface area contributed by atoms with Crippen molar-refractivity contribution in [3.63, 3.8) is 0 Å². The van der Waals surface area contributed by atoms with E-state index in [9.17, 15) is 4.79 Å². The van der Waals surface area contributed by atoms with Crippen LogP contribution in [0.2, 0.25) is 0 Å². The highest BCUT2D eigenvalue weighted by Crippen LogP contribution is 2.18. The molecule has 1 rings (SSSR count). The lowest BCUT2D eigenvalue weighted by atomic mass is 10.5. The van der Waals surface area contributed by atoms with Gasteiger partial charge in [-0.25, -0.2) is 4.98 Å². The van der Waals surface area contributed by atoms with Crippen LogP contribution in [0, 0.1) is 0 Å². The van der Waals surface area contributed by atoms with Crippen LogP contribution in [0.4, 0.5) is 11.8 Å². The Labute approximate surface area is 82.9 Å². The Hall–Kier alpha value is -1.37. The number of rotatable bonds is 3. The highest BCUT2D eigenvalue weighted by molar-refractivity contribution is 9.10. The van der Waals surface area contributed by atoms with E-state index in [1.54, 1.807) is 0 Å². The fourth-order valence-corrected chi connectivity index (χ4v) is 1.01. The maximum Gasteiger partial charge on any atom is 0.236 e. The minimum Gasteiger partial charge on any atom is -0.368 e. The number of aromatic nitrogens is 2. The van der Waals surface area contributed by atoms with E-state index in [0.717, 1.165) is 0 Å². The van der Waals surface area contributed by atoms with Crippen molar-refractivity contribution in [1.29, 1.82) is 0 Å². The first-order valence-electron chi connectivity index (χ1n) is 3.40. The summed E-state index contributed by atoms with van der Waals surface area (Å²) in [7, 11) is 0. The molecule has 1 heterocycles. The molecule has 1 aromatic heterocycles. The van der Waals surface area contributed by atoms with Crippen LogP contribution in [0.5, 0.6) is 0 Å². The van der Waals surface area contributed by atoms with E-state index in [0.29, 0.717) is 10.3 Å². The third-order valence-corrected chi connectivity index (χ3v) is 1.77. The smallest absolute Gasteiger partial charge is 0.236 e. The summed E-state index contributed by atoms with van der Waals surface area (Å²) in [4.78, 5) is 18.0. The number of carbonyl (C=O) groups is 1. The maximum atomic E-state index is 10.4. The zero-order valence-electron chi connectivity index (χ0n) is 6.62. The quantitative estimate of drug-likeness (QED) is 0.679. The van der Waals surface area contributed by atoms with E-state index in [1.807, 2.05) is 0 Å². The first kappa shape index (κ1) is 9.72. The summed E-state index contributed by atoms with van der Waals surface area (Å²) in [6.07, 6.45) is 1.49. The number of anilines is 2. The predicted molar refractivity (Wildman–Crippen MR) is 51.8 cm³/mol. The molecule has 7 heteroatoms. The minimum atomic E-state index is -0.468. The van der Waals surface area contributed by atoms with Gasteiger partial charge < -0.3 is 16.8 Å². The van der Waals surface area contributed by atoms with Gasteiger partial charge in [0.05, 0.1) is 11.0 Å². The lowest BCUT2D eigenvalue weighted by molar-refractivity contribution is -0.116. The molecule has 0 unspecified atom stereocenters. The Bertz CT molecular complexity index is 329. The van der Waals surface area contributed by atoms with Gasteiger partial charge in [0.1, 0.15) is 5.82 Å². The highest BCUT2D eigenvalue weighted by Gasteiger charge is 2.03. The lowest BCUT2D eigenvalue weighted by Gasteiger charge is -2.04. The van der Waals surface area contributed by atoms with E-state index in [1.165, 1.54) is 6.20 Å². The van der Waals surface area contributed by atoms with Gasteiger partial charge in [0.25, 0.3) is 0 Å². The van der Waals surface area contributed by atoms with Gasteiger partial charge in [0.15, 0.2) is 0 Å². The molecule has 0 aliphatic heterocycles. The van der Waals surface area contributed by atoms with Crippen LogP contribution in [0.15, 0.2) is 10.7 Å². The van der Waals surface area contributed by atoms with Crippen LogP contribution in [-0.2, 0) is 4.79 Å². The van der Waals surface area contributed by atoms with Crippen LogP contribution in [-0.4, -0.2) is 22.4 Å². The van der Waals surface area contributed by atoms with Gasteiger partial charge >= 0.3 is 0 Å². The molecule has 0 saturated heterocycles. The molecule has 0 spiro atoms. The van der Waals surface area contributed by atoms with Crippen molar-refractivity contribution in [2.75, 3.05) is 17.6 Å². The van der Waals surface area contributed by atoms with Crippen molar-refractivity contribution < 1.29 is 4.79 Å². The minimum absolute atomic E-state index is 0.00898. The summed E-state index contributed by atoms with van der Waals surface area (Å²) in [6, 6.07) is 0. The Morgan fingerprint density at radius 2 is 2.38 bits per heavy atom. The number of carbonyl (C=O) groups excluding carboxylic acids is 1. The molecule has 1 aromatic rings. The lowest BCUT2D eigenvalue weighted by Crippen LogP contribution is -2.22. The second kappa shape index (κ2) is 4.04. The summed E-state index contributed by atoms with van der Waals surface area (Å²) in [5, 5.41) is 2.70. The standard InChI is InChI=1S/C6H8BrN5O/c7-3-1-11-6(9)12-5(3)10-2-4(8)13/h1H,2H2,(H2,8,13)(H3,9,10,11,12). The molecular weight excluding hydrogens is 238 g/mol. The van der Waals surface area contributed by atoms with E-state index in [2.05, 4.69) is 31.2 Å². The van der Waals surface area contributed by atoms with Gasteiger partial charge in [-0.05, 0) is 15.9 Å². The number of nitrogens with two attached hydrogens (primary N) is 2. The fourth-order valence-electron chi connectivity index (χ4n) is 0.676. The number of nitrogen functional groups attached to an aromatic ring is 1. The van der Waals surface area contributed by atoms with Crippen LogP contribution in [0.3, 0.4) is 0 Å². The average molecular weight is 246 g/mol. The number of hydrogen-bond acceptors (Lipinski definition) is 5. The number of nitrogens with one attached hydrogen (secondary N) is 1. The fraction of sp³-hybridized carbons (Fsp3) is 0.167. The summed E-state index contributed by atoms with van der Waals surface area (Å²) in [5.41, 5.74) is 10.3. The third-order valence-electron chi connectivity index (χ3n) is 1.19. The van der Waals surface area contributed by atoms with E-state index in [-0.39, 0.29) is 12.5 Å². The SMILES string of the molecule is NC(=O)CNc1nc(N)ncc1Br. The molecule has 0 fully saturated rings. The number of hydrogen-bond donors (Lipinski definition) is 3. The monoisotopic (exact) mass is 245 g/mol. The van der Waals surface area contributed by atoms with Crippen LogP contribution in [0.25, 0.3) is 0 Å².